The number of rotatable bonds is 1. The van der Waals surface area contributed by atoms with Crippen LogP contribution in [0.4, 0.5) is 0 Å². The Morgan fingerprint density at radius 3 is 2.63 bits per heavy atom. The Morgan fingerprint density at radius 1 is 1.16 bits per heavy atom. The first-order valence-corrected chi connectivity index (χ1v) is 7.51. The Hall–Kier alpha value is -0.860. The number of hydrogen-bond acceptors (Lipinski definition) is 2. The fourth-order valence-electron chi connectivity index (χ4n) is 3.44. The lowest BCUT2D eigenvalue weighted by molar-refractivity contribution is -0.193. The lowest BCUT2D eigenvalue weighted by Crippen LogP contribution is -2.62. The summed E-state index contributed by atoms with van der Waals surface area (Å²) in [6.07, 6.45) is 3.34. The first-order chi connectivity index (χ1) is 9.03. The lowest BCUT2D eigenvalue weighted by Gasteiger charge is -2.51. The minimum atomic E-state index is -0.0372. The van der Waals surface area contributed by atoms with E-state index in [1.807, 2.05) is 0 Å². The Kier molecular flexibility index (Phi) is 3.18. The average molecular weight is 259 g/mol. The SMILES string of the molecule is CC(C)C1(C)CNCC2(CCc3ccccc3C2)O1. The Morgan fingerprint density at radius 2 is 1.89 bits per heavy atom. The van der Waals surface area contributed by atoms with Crippen LogP contribution in [-0.2, 0) is 17.6 Å². The van der Waals surface area contributed by atoms with Gasteiger partial charge in [-0.1, -0.05) is 38.1 Å². The molecule has 1 aromatic carbocycles. The first-order valence-electron chi connectivity index (χ1n) is 7.51. The third-order valence-corrected chi connectivity index (χ3v) is 5.08. The van der Waals surface area contributed by atoms with Crippen molar-refractivity contribution in [3.8, 4) is 0 Å². The Labute approximate surface area is 116 Å². The molecule has 1 aliphatic heterocycles. The molecule has 1 fully saturated rings. The maximum atomic E-state index is 6.66. The van der Waals surface area contributed by atoms with E-state index in [2.05, 4.69) is 50.4 Å². The van der Waals surface area contributed by atoms with Crippen molar-refractivity contribution in [2.45, 2.75) is 51.2 Å². The summed E-state index contributed by atoms with van der Waals surface area (Å²) in [6, 6.07) is 8.83. The van der Waals surface area contributed by atoms with Gasteiger partial charge in [-0.2, -0.15) is 0 Å². The molecule has 19 heavy (non-hydrogen) atoms. The normalized spacial score (nSPS) is 34.5. The van der Waals surface area contributed by atoms with Gasteiger partial charge in [0.2, 0.25) is 0 Å². The van der Waals surface area contributed by atoms with Crippen molar-refractivity contribution < 1.29 is 4.74 Å². The molecule has 0 saturated carbocycles. The van der Waals surface area contributed by atoms with Crippen LogP contribution in [-0.4, -0.2) is 24.3 Å². The smallest absolute Gasteiger partial charge is 0.0857 e. The van der Waals surface area contributed by atoms with Gasteiger partial charge in [0.1, 0.15) is 0 Å². The second kappa shape index (κ2) is 4.60. The van der Waals surface area contributed by atoms with Gasteiger partial charge in [-0.05, 0) is 36.8 Å². The van der Waals surface area contributed by atoms with Crippen LogP contribution in [0.15, 0.2) is 24.3 Å². The molecule has 1 saturated heterocycles. The predicted molar refractivity (Wildman–Crippen MR) is 78.4 cm³/mol. The number of aryl methyl sites for hydroxylation is 1. The molecule has 1 aromatic rings. The van der Waals surface area contributed by atoms with Crippen molar-refractivity contribution in [2.75, 3.05) is 13.1 Å². The van der Waals surface area contributed by atoms with E-state index in [0.29, 0.717) is 5.92 Å². The van der Waals surface area contributed by atoms with E-state index in [1.165, 1.54) is 11.1 Å². The fraction of sp³-hybridized carbons (Fsp3) is 0.647. The molecular weight excluding hydrogens is 234 g/mol. The topological polar surface area (TPSA) is 21.3 Å². The maximum Gasteiger partial charge on any atom is 0.0857 e. The van der Waals surface area contributed by atoms with Gasteiger partial charge in [0, 0.05) is 19.5 Å². The molecule has 0 bridgehead atoms. The van der Waals surface area contributed by atoms with Crippen LogP contribution in [0.3, 0.4) is 0 Å². The molecule has 1 heterocycles. The van der Waals surface area contributed by atoms with Crippen LogP contribution in [0.25, 0.3) is 0 Å². The minimum absolute atomic E-state index is 0.00558. The summed E-state index contributed by atoms with van der Waals surface area (Å²) in [6.45, 7) is 8.73. The molecule has 1 aliphatic carbocycles. The van der Waals surface area contributed by atoms with Gasteiger partial charge < -0.3 is 10.1 Å². The summed E-state index contributed by atoms with van der Waals surface area (Å²) in [4.78, 5) is 0. The van der Waals surface area contributed by atoms with Crippen molar-refractivity contribution in [3.05, 3.63) is 35.4 Å². The van der Waals surface area contributed by atoms with E-state index in [9.17, 15) is 0 Å². The molecule has 0 aromatic heterocycles. The molecular formula is C17H25NO. The standard InChI is InChI=1S/C17H25NO/c1-13(2)16(3)11-18-12-17(19-16)9-8-14-6-4-5-7-15(14)10-17/h4-7,13,18H,8-12H2,1-3H3. The van der Waals surface area contributed by atoms with Crippen molar-refractivity contribution in [1.29, 1.82) is 0 Å². The van der Waals surface area contributed by atoms with Gasteiger partial charge in [0.15, 0.2) is 0 Å². The molecule has 2 heteroatoms. The number of benzene rings is 1. The van der Waals surface area contributed by atoms with Gasteiger partial charge >= 0.3 is 0 Å². The molecule has 2 aliphatic rings. The zero-order chi connectivity index (χ0) is 13.5. The monoisotopic (exact) mass is 259 g/mol. The quantitative estimate of drug-likeness (QED) is 0.837. The van der Waals surface area contributed by atoms with Crippen LogP contribution in [0, 0.1) is 5.92 Å². The third-order valence-electron chi connectivity index (χ3n) is 5.08. The summed E-state index contributed by atoms with van der Waals surface area (Å²) < 4.78 is 6.66. The second-order valence-electron chi connectivity index (χ2n) is 6.80. The van der Waals surface area contributed by atoms with Crippen molar-refractivity contribution in [3.63, 3.8) is 0 Å². The molecule has 0 radical (unpaired) electrons. The largest absolute Gasteiger partial charge is 0.366 e. The van der Waals surface area contributed by atoms with Crippen LogP contribution in [0.2, 0.25) is 0 Å². The highest BCUT2D eigenvalue weighted by molar-refractivity contribution is 5.32. The fourth-order valence-corrected chi connectivity index (χ4v) is 3.44. The number of nitrogens with one attached hydrogen (secondary N) is 1. The van der Waals surface area contributed by atoms with Crippen molar-refractivity contribution in [2.24, 2.45) is 5.92 Å². The minimum Gasteiger partial charge on any atom is -0.366 e. The molecule has 2 unspecified atom stereocenters. The van der Waals surface area contributed by atoms with E-state index >= 15 is 0 Å². The predicted octanol–water partition coefficient (Wildman–Crippen LogP) is 2.95. The Balaban J connectivity index is 1.86. The number of morpholine rings is 1. The van der Waals surface area contributed by atoms with Crippen molar-refractivity contribution >= 4 is 0 Å². The molecule has 104 valence electrons. The zero-order valence-electron chi connectivity index (χ0n) is 12.3. The highest BCUT2D eigenvalue weighted by Crippen LogP contribution is 2.38. The number of fused-ring (bicyclic) bond motifs is 1. The van der Waals surface area contributed by atoms with E-state index in [-0.39, 0.29) is 11.2 Å². The van der Waals surface area contributed by atoms with Gasteiger partial charge in [0.05, 0.1) is 11.2 Å². The van der Waals surface area contributed by atoms with Crippen molar-refractivity contribution in [1.82, 2.24) is 5.32 Å². The van der Waals surface area contributed by atoms with E-state index in [4.69, 9.17) is 4.74 Å². The average Bonchev–Trinajstić information content (AvgIpc) is 2.38. The summed E-state index contributed by atoms with van der Waals surface area (Å²) in [5, 5.41) is 3.62. The van der Waals surface area contributed by atoms with Crippen LogP contribution in [0.1, 0.15) is 38.3 Å². The van der Waals surface area contributed by atoms with Gasteiger partial charge in [-0.15, -0.1) is 0 Å². The number of hydrogen-bond donors (Lipinski definition) is 1. The summed E-state index contributed by atoms with van der Waals surface area (Å²) in [7, 11) is 0. The van der Waals surface area contributed by atoms with Crippen LogP contribution >= 0.6 is 0 Å². The summed E-state index contributed by atoms with van der Waals surface area (Å²) >= 11 is 0. The van der Waals surface area contributed by atoms with Gasteiger partial charge in [-0.3, -0.25) is 0 Å². The maximum absolute atomic E-state index is 6.66. The summed E-state index contributed by atoms with van der Waals surface area (Å²) in [5.74, 6) is 0.536. The zero-order valence-corrected chi connectivity index (χ0v) is 12.3. The van der Waals surface area contributed by atoms with Crippen LogP contribution < -0.4 is 5.32 Å². The molecule has 2 atom stereocenters. The third kappa shape index (κ3) is 2.32. The Bertz CT molecular complexity index is 470. The van der Waals surface area contributed by atoms with E-state index < -0.39 is 0 Å². The second-order valence-corrected chi connectivity index (χ2v) is 6.80. The molecule has 0 amide bonds. The highest BCUT2D eigenvalue weighted by Gasteiger charge is 2.45. The van der Waals surface area contributed by atoms with Gasteiger partial charge in [0.25, 0.3) is 0 Å². The summed E-state index contributed by atoms with van der Waals surface area (Å²) in [5.41, 5.74) is 2.95. The van der Waals surface area contributed by atoms with Crippen LogP contribution in [0.5, 0.6) is 0 Å². The van der Waals surface area contributed by atoms with E-state index in [0.717, 1.165) is 32.4 Å². The van der Waals surface area contributed by atoms with E-state index in [1.54, 1.807) is 0 Å². The number of ether oxygens (including phenoxy) is 1. The first kappa shape index (κ1) is 13.1. The van der Waals surface area contributed by atoms with Gasteiger partial charge in [-0.25, -0.2) is 0 Å². The molecule has 1 spiro atoms. The lowest BCUT2D eigenvalue weighted by atomic mass is 9.77. The molecule has 1 N–H and O–H groups in total. The molecule has 2 nitrogen and oxygen atoms in total. The highest BCUT2D eigenvalue weighted by atomic mass is 16.5. The molecule has 3 rings (SSSR count).